The number of carbonyl (C=O) groups is 2. The van der Waals surface area contributed by atoms with Gasteiger partial charge in [0.2, 0.25) is 5.91 Å². The summed E-state index contributed by atoms with van der Waals surface area (Å²) in [6.07, 6.45) is -2.67. The van der Waals surface area contributed by atoms with Crippen molar-refractivity contribution in [2.24, 2.45) is 0 Å². The number of anilines is 1. The van der Waals surface area contributed by atoms with Gasteiger partial charge in [-0.1, -0.05) is 30.3 Å². The number of likely N-dealkylation sites (tertiary alicyclic amines) is 1. The van der Waals surface area contributed by atoms with Gasteiger partial charge >= 0.3 is 12.1 Å². The molecule has 3 heterocycles. The number of amides is 1. The average Bonchev–Trinajstić information content (AvgIpc) is 3.40. The molecule has 4 rings (SSSR count). The van der Waals surface area contributed by atoms with E-state index in [9.17, 15) is 18.0 Å². The zero-order valence-corrected chi connectivity index (χ0v) is 20.1. The van der Waals surface area contributed by atoms with Crippen LogP contribution in [0.3, 0.4) is 0 Å². The minimum Gasteiger partial charge on any atom is -0.475 e. The molecular formula is C23H26F3N5O3S. The van der Waals surface area contributed by atoms with Crippen LogP contribution in [-0.2, 0) is 16.0 Å². The molecule has 1 saturated heterocycles. The fraction of sp³-hybridized carbons (Fsp3) is 0.391. The molecule has 3 aromatic rings. The quantitative estimate of drug-likeness (QED) is 0.529. The Hall–Kier alpha value is -3.25. The summed E-state index contributed by atoms with van der Waals surface area (Å²) in [5.74, 6) is -1.99. The number of carbonyl (C=O) groups excluding carboxylic acids is 1. The predicted octanol–water partition coefficient (Wildman–Crippen LogP) is 4.40. The lowest BCUT2D eigenvalue weighted by molar-refractivity contribution is -0.192. The summed E-state index contributed by atoms with van der Waals surface area (Å²) in [5.41, 5.74) is 4.66. The van der Waals surface area contributed by atoms with Crippen molar-refractivity contribution in [3.63, 3.8) is 0 Å². The third-order valence-corrected chi connectivity index (χ3v) is 6.24. The lowest BCUT2D eigenvalue weighted by Gasteiger charge is -2.30. The van der Waals surface area contributed by atoms with Gasteiger partial charge in [0, 0.05) is 16.5 Å². The highest BCUT2D eigenvalue weighted by atomic mass is 32.1. The van der Waals surface area contributed by atoms with Crippen LogP contribution in [-0.4, -0.2) is 63.0 Å². The van der Waals surface area contributed by atoms with Gasteiger partial charge in [-0.3, -0.25) is 4.79 Å². The van der Waals surface area contributed by atoms with Gasteiger partial charge in [-0.2, -0.15) is 18.3 Å². The maximum atomic E-state index is 12.8. The maximum absolute atomic E-state index is 12.8. The standard InChI is InChI=1S/C21H25N5OS.C2HF3O2/c1-15-12-19(26(24-15)17-8-10-25(2)11-9-17)23-20(27)13-18-21(22-14-28-18)16-6-4-3-5-7-16;3-2(4,5)1(6)7/h3-7,12,14,17H,8-11,13H2,1-2H3,(H,23,27);(H,6,7). The number of carboxylic acid groups (broad SMARTS) is 1. The Balaban J connectivity index is 0.000000429. The van der Waals surface area contributed by atoms with Gasteiger partial charge in [-0.25, -0.2) is 14.5 Å². The summed E-state index contributed by atoms with van der Waals surface area (Å²) in [5, 5.41) is 14.9. The molecule has 188 valence electrons. The number of nitrogens with one attached hydrogen (secondary N) is 1. The largest absolute Gasteiger partial charge is 0.490 e. The van der Waals surface area contributed by atoms with Crippen molar-refractivity contribution in [2.45, 2.75) is 38.4 Å². The van der Waals surface area contributed by atoms with E-state index in [1.54, 1.807) is 5.51 Å². The van der Waals surface area contributed by atoms with Gasteiger partial charge in [0.1, 0.15) is 5.82 Å². The number of nitrogens with zero attached hydrogens (tertiary/aromatic N) is 4. The molecule has 1 fully saturated rings. The Morgan fingerprint density at radius 3 is 2.43 bits per heavy atom. The molecule has 1 amide bonds. The lowest BCUT2D eigenvalue weighted by atomic mass is 10.1. The van der Waals surface area contributed by atoms with Gasteiger partial charge < -0.3 is 15.3 Å². The normalized spacial score (nSPS) is 14.8. The third-order valence-electron chi connectivity index (χ3n) is 5.41. The molecule has 2 N–H and O–H groups in total. The van der Waals surface area contributed by atoms with E-state index in [1.807, 2.05) is 48.0 Å². The zero-order valence-electron chi connectivity index (χ0n) is 19.2. The van der Waals surface area contributed by atoms with Crippen LogP contribution in [0, 0.1) is 6.92 Å². The minimum atomic E-state index is -5.08. The first-order chi connectivity index (χ1) is 16.5. The van der Waals surface area contributed by atoms with Crippen LogP contribution in [0.15, 0.2) is 41.9 Å². The maximum Gasteiger partial charge on any atom is 0.490 e. The Morgan fingerprint density at radius 1 is 1.20 bits per heavy atom. The van der Waals surface area contributed by atoms with Crippen LogP contribution in [0.4, 0.5) is 19.0 Å². The first kappa shape index (κ1) is 26.4. The van der Waals surface area contributed by atoms with Crippen LogP contribution in [0.25, 0.3) is 11.3 Å². The number of hydrogen-bond donors (Lipinski definition) is 2. The molecule has 1 aliphatic heterocycles. The van der Waals surface area contributed by atoms with Crippen LogP contribution in [0.1, 0.15) is 29.5 Å². The van der Waals surface area contributed by atoms with Gasteiger partial charge in [-0.05, 0) is 39.9 Å². The second kappa shape index (κ2) is 11.5. The highest BCUT2D eigenvalue weighted by Gasteiger charge is 2.38. The van der Waals surface area contributed by atoms with Gasteiger partial charge in [0.05, 0.1) is 29.4 Å². The molecule has 1 aliphatic rings. The number of rotatable bonds is 5. The minimum absolute atomic E-state index is 0.0319. The number of halogens is 3. The van der Waals surface area contributed by atoms with E-state index < -0.39 is 12.1 Å². The molecule has 12 heteroatoms. The van der Waals surface area contributed by atoms with Crippen molar-refractivity contribution < 1.29 is 27.9 Å². The lowest BCUT2D eigenvalue weighted by Crippen LogP contribution is -2.32. The number of aryl methyl sites for hydroxylation is 1. The number of thiazole rings is 1. The molecule has 0 aliphatic carbocycles. The number of piperidine rings is 1. The highest BCUT2D eigenvalue weighted by molar-refractivity contribution is 7.10. The van der Waals surface area contributed by atoms with Gasteiger partial charge in [-0.15, -0.1) is 11.3 Å². The van der Waals surface area contributed by atoms with Crippen LogP contribution >= 0.6 is 11.3 Å². The highest BCUT2D eigenvalue weighted by Crippen LogP contribution is 2.28. The molecule has 0 saturated carbocycles. The van der Waals surface area contributed by atoms with E-state index in [-0.39, 0.29) is 5.91 Å². The molecule has 8 nitrogen and oxygen atoms in total. The summed E-state index contributed by atoms with van der Waals surface area (Å²) in [4.78, 5) is 29.4. The summed E-state index contributed by atoms with van der Waals surface area (Å²) in [6, 6.07) is 12.3. The van der Waals surface area contributed by atoms with E-state index in [4.69, 9.17) is 9.90 Å². The molecule has 0 bridgehead atoms. The van der Waals surface area contributed by atoms with Crippen molar-refractivity contribution >= 4 is 29.0 Å². The third kappa shape index (κ3) is 7.36. The number of benzene rings is 1. The molecule has 0 radical (unpaired) electrons. The average molecular weight is 510 g/mol. The first-order valence-electron chi connectivity index (χ1n) is 10.9. The SMILES string of the molecule is Cc1cc(NC(=O)Cc2scnc2-c2ccccc2)n(C2CCN(C)CC2)n1.O=C(O)C(F)(F)F. The fourth-order valence-electron chi connectivity index (χ4n) is 3.69. The second-order valence-corrected chi connectivity index (χ2v) is 9.11. The first-order valence-corrected chi connectivity index (χ1v) is 11.7. The second-order valence-electron chi connectivity index (χ2n) is 8.17. The number of hydrogen-bond acceptors (Lipinski definition) is 6. The monoisotopic (exact) mass is 509 g/mol. The molecule has 0 unspecified atom stereocenters. The van der Waals surface area contributed by atoms with Crippen LogP contribution in [0.5, 0.6) is 0 Å². The molecular weight excluding hydrogens is 483 g/mol. The number of aromatic nitrogens is 3. The Bertz CT molecular complexity index is 1140. The van der Waals surface area contributed by atoms with Crippen LogP contribution < -0.4 is 5.32 Å². The van der Waals surface area contributed by atoms with E-state index in [0.717, 1.165) is 53.6 Å². The topological polar surface area (TPSA) is 100 Å². The summed E-state index contributed by atoms with van der Waals surface area (Å²) < 4.78 is 33.7. The summed E-state index contributed by atoms with van der Waals surface area (Å²) in [6.45, 7) is 4.08. The van der Waals surface area contributed by atoms with E-state index in [0.29, 0.717) is 12.5 Å². The Labute approximate surface area is 204 Å². The molecule has 2 aromatic heterocycles. The Kier molecular flexibility index (Phi) is 8.62. The van der Waals surface area contributed by atoms with Crippen molar-refractivity contribution in [3.8, 4) is 11.3 Å². The van der Waals surface area contributed by atoms with Crippen molar-refractivity contribution in [1.29, 1.82) is 0 Å². The number of aliphatic carboxylic acids is 1. The van der Waals surface area contributed by atoms with Crippen molar-refractivity contribution in [1.82, 2.24) is 19.7 Å². The zero-order chi connectivity index (χ0) is 25.6. The molecule has 0 spiro atoms. The Morgan fingerprint density at radius 2 is 1.83 bits per heavy atom. The molecule has 35 heavy (non-hydrogen) atoms. The summed E-state index contributed by atoms with van der Waals surface area (Å²) >= 11 is 1.52. The molecule has 1 aromatic carbocycles. The smallest absolute Gasteiger partial charge is 0.475 e. The van der Waals surface area contributed by atoms with E-state index in [2.05, 4.69) is 27.3 Å². The number of carboxylic acids is 1. The van der Waals surface area contributed by atoms with Gasteiger partial charge in [0.25, 0.3) is 0 Å². The van der Waals surface area contributed by atoms with Crippen molar-refractivity contribution in [3.05, 3.63) is 52.5 Å². The predicted molar refractivity (Wildman–Crippen MR) is 126 cm³/mol. The van der Waals surface area contributed by atoms with Crippen LogP contribution in [0.2, 0.25) is 0 Å². The van der Waals surface area contributed by atoms with Gasteiger partial charge in [0.15, 0.2) is 0 Å². The summed E-state index contributed by atoms with van der Waals surface area (Å²) in [7, 11) is 2.15. The van der Waals surface area contributed by atoms with E-state index >= 15 is 0 Å². The van der Waals surface area contributed by atoms with E-state index in [1.165, 1.54) is 11.3 Å². The number of alkyl halides is 3. The molecule has 0 atom stereocenters. The fourth-order valence-corrected chi connectivity index (χ4v) is 4.47. The van der Waals surface area contributed by atoms with Crippen molar-refractivity contribution in [2.75, 3.05) is 25.5 Å².